The lowest BCUT2D eigenvalue weighted by molar-refractivity contribution is 0.765. The van der Waals surface area contributed by atoms with Crippen LogP contribution < -0.4 is 0 Å². The van der Waals surface area contributed by atoms with E-state index in [1.165, 1.54) is 24.0 Å². The maximum absolute atomic E-state index is 4.16. The molecule has 0 nitrogen and oxygen atoms in total. The van der Waals surface area contributed by atoms with Gasteiger partial charge in [0.2, 0.25) is 0 Å². The molecule has 1 saturated heterocycles. The molecule has 0 saturated carbocycles. The molecule has 2 unspecified atom stereocenters. The van der Waals surface area contributed by atoms with Crippen LogP contribution in [0.15, 0.2) is 60.7 Å². The topological polar surface area (TPSA) is 0 Å². The molecule has 2 atom stereocenters. The minimum atomic E-state index is -1.67. The van der Waals surface area contributed by atoms with Gasteiger partial charge in [-0.25, -0.2) is 0 Å². The van der Waals surface area contributed by atoms with Crippen molar-refractivity contribution in [2.75, 3.05) is 0 Å². The smallest absolute Gasteiger partial charge is 0.0406 e. The zero-order valence-electron chi connectivity index (χ0n) is 10.8. The summed E-state index contributed by atoms with van der Waals surface area (Å²) in [6.45, 7) is 0. The average Bonchev–Trinajstić information content (AvgIpc) is 2.76. The Balaban J connectivity index is 1.92. The van der Waals surface area contributed by atoms with Crippen LogP contribution in [0.4, 0.5) is 0 Å². The standard InChI is InChI=1S/C16H16Si3/c17-19(18)15(13-7-3-1-4-8-13)11-12-16(19)14-9-5-2-6-10-14/h1-10,15-16H,11-12H2. The second-order valence-electron chi connectivity index (χ2n) is 5.37. The van der Waals surface area contributed by atoms with Crippen LogP contribution in [0.1, 0.15) is 35.1 Å². The highest BCUT2D eigenvalue weighted by atomic mass is 29.6. The molecule has 3 rings (SSSR count). The minimum absolute atomic E-state index is 0.646. The van der Waals surface area contributed by atoms with Gasteiger partial charge in [0, 0.05) is 26.6 Å². The Labute approximate surface area is 122 Å². The van der Waals surface area contributed by atoms with Crippen molar-refractivity contribution in [3.63, 3.8) is 0 Å². The zero-order valence-corrected chi connectivity index (χ0v) is 13.8. The predicted molar refractivity (Wildman–Crippen MR) is 84.9 cm³/mol. The Bertz CT molecular complexity index is 487. The van der Waals surface area contributed by atoms with Gasteiger partial charge in [-0.15, -0.1) is 0 Å². The molecule has 0 amide bonds. The molecule has 19 heavy (non-hydrogen) atoms. The van der Waals surface area contributed by atoms with Gasteiger partial charge in [0.05, 0.1) is 0 Å². The lowest BCUT2D eigenvalue weighted by Gasteiger charge is -2.31. The summed E-state index contributed by atoms with van der Waals surface area (Å²) in [7, 11) is 6.65. The largest absolute Gasteiger partial charge is 0.0622 e. The van der Waals surface area contributed by atoms with Crippen molar-refractivity contribution in [2.24, 2.45) is 0 Å². The third-order valence-electron chi connectivity index (χ3n) is 4.25. The van der Waals surface area contributed by atoms with E-state index in [0.717, 1.165) is 0 Å². The second kappa shape index (κ2) is 5.23. The van der Waals surface area contributed by atoms with Crippen molar-refractivity contribution in [1.82, 2.24) is 0 Å². The predicted octanol–water partition coefficient (Wildman–Crippen LogP) is 3.21. The normalized spacial score (nSPS) is 25.4. The van der Waals surface area contributed by atoms with Crippen LogP contribution in [0.2, 0.25) is 0 Å². The van der Waals surface area contributed by atoms with Gasteiger partial charge in [-0.3, -0.25) is 0 Å². The van der Waals surface area contributed by atoms with Crippen molar-refractivity contribution in [3.8, 4) is 0 Å². The number of hydrogen-bond donors (Lipinski definition) is 0. The maximum atomic E-state index is 4.16. The molecule has 2 aromatic rings. The summed E-state index contributed by atoms with van der Waals surface area (Å²) in [4.78, 5) is 0. The average molecular weight is 293 g/mol. The van der Waals surface area contributed by atoms with E-state index >= 15 is 0 Å². The highest BCUT2D eigenvalue weighted by Crippen LogP contribution is 2.46. The summed E-state index contributed by atoms with van der Waals surface area (Å²) < 4.78 is 0. The van der Waals surface area contributed by atoms with Gasteiger partial charge >= 0.3 is 0 Å². The summed E-state index contributed by atoms with van der Waals surface area (Å²) in [6, 6.07) is 21.8. The molecule has 1 fully saturated rings. The fourth-order valence-corrected chi connectivity index (χ4v) is 10.2. The molecule has 2 aromatic carbocycles. The molecule has 0 spiro atoms. The summed E-state index contributed by atoms with van der Waals surface area (Å²) >= 11 is 0. The minimum Gasteiger partial charge on any atom is -0.0622 e. The number of benzene rings is 2. The lowest BCUT2D eigenvalue weighted by Crippen LogP contribution is -2.45. The molecule has 0 N–H and O–H groups in total. The van der Waals surface area contributed by atoms with Gasteiger partial charge in [-0.05, 0) is 35.1 Å². The van der Waals surface area contributed by atoms with Crippen LogP contribution in [0.5, 0.6) is 0 Å². The Hall–Kier alpha value is -0.909. The van der Waals surface area contributed by atoms with Crippen LogP contribution >= 0.6 is 0 Å². The van der Waals surface area contributed by atoms with Gasteiger partial charge in [-0.2, -0.15) is 0 Å². The first-order valence-corrected chi connectivity index (χ1v) is 11.9. The van der Waals surface area contributed by atoms with Gasteiger partial charge < -0.3 is 0 Å². The Kier molecular flexibility index (Phi) is 3.60. The first-order chi connectivity index (χ1) is 9.19. The third kappa shape index (κ3) is 2.42. The van der Waals surface area contributed by atoms with Crippen LogP contribution in [0, 0.1) is 0 Å². The van der Waals surface area contributed by atoms with E-state index in [4.69, 9.17) is 0 Å². The van der Waals surface area contributed by atoms with Gasteiger partial charge in [0.1, 0.15) is 0 Å². The summed E-state index contributed by atoms with van der Waals surface area (Å²) in [5, 5.41) is 0. The number of hydrogen-bond acceptors (Lipinski definition) is 0. The molecule has 0 bridgehead atoms. The van der Waals surface area contributed by atoms with E-state index in [2.05, 4.69) is 80.2 Å². The molecular formula is C16H16Si3. The van der Waals surface area contributed by atoms with Crippen molar-refractivity contribution in [1.29, 1.82) is 0 Å². The highest BCUT2D eigenvalue weighted by molar-refractivity contribution is 7.42. The van der Waals surface area contributed by atoms with E-state index in [-0.39, 0.29) is 0 Å². The summed E-state index contributed by atoms with van der Waals surface area (Å²) in [5.41, 5.74) is 4.23. The Morgan fingerprint density at radius 1 is 0.684 bits per heavy atom. The SMILES string of the molecule is [Si][Si]1([Si])C(c2ccccc2)CCC1c1ccccc1. The Morgan fingerprint density at radius 3 is 1.42 bits per heavy atom. The molecule has 92 valence electrons. The molecule has 3 heteroatoms. The van der Waals surface area contributed by atoms with E-state index in [0.29, 0.717) is 11.1 Å². The highest BCUT2D eigenvalue weighted by Gasteiger charge is 2.45. The van der Waals surface area contributed by atoms with E-state index in [9.17, 15) is 0 Å². The van der Waals surface area contributed by atoms with Crippen molar-refractivity contribution in [2.45, 2.75) is 23.9 Å². The summed E-state index contributed by atoms with van der Waals surface area (Å²) in [5.74, 6) is 0. The maximum Gasteiger partial charge on any atom is 0.0406 e. The third-order valence-corrected chi connectivity index (χ3v) is 11.9. The lowest BCUT2D eigenvalue weighted by atomic mass is 10.0. The van der Waals surface area contributed by atoms with E-state index in [1.807, 2.05) is 0 Å². The van der Waals surface area contributed by atoms with Crippen LogP contribution in [0.25, 0.3) is 0 Å². The first-order valence-electron chi connectivity index (χ1n) is 6.79. The van der Waals surface area contributed by atoms with Gasteiger partial charge in [0.25, 0.3) is 0 Å². The molecular weight excluding hydrogens is 276 g/mol. The fourth-order valence-electron chi connectivity index (χ4n) is 3.26. The monoisotopic (exact) mass is 292 g/mol. The molecule has 1 heterocycles. The Morgan fingerprint density at radius 2 is 1.05 bits per heavy atom. The van der Waals surface area contributed by atoms with Crippen LogP contribution in [-0.4, -0.2) is 26.6 Å². The van der Waals surface area contributed by atoms with Crippen molar-refractivity contribution >= 4 is 26.6 Å². The van der Waals surface area contributed by atoms with Gasteiger partial charge in [-0.1, -0.05) is 60.7 Å². The molecule has 6 radical (unpaired) electrons. The van der Waals surface area contributed by atoms with Gasteiger partial charge in [0.15, 0.2) is 0 Å². The van der Waals surface area contributed by atoms with Crippen molar-refractivity contribution < 1.29 is 0 Å². The fraction of sp³-hybridized carbons (Fsp3) is 0.250. The number of rotatable bonds is 2. The molecule has 1 aliphatic rings. The summed E-state index contributed by atoms with van der Waals surface area (Å²) in [6.07, 6.45) is 2.53. The molecule has 0 aliphatic carbocycles. The van der Waals surface area contributed by atoms with E-state index in [1.54, 1.807) is 0 Å². The second-order valence-corrected chi connectivity index (χ2v) is 15.0. The first kappa shape index (κ1) is 13.1. The molecule has 0 aromatic heterocycles. The van der Waals surface area contributed by atoms with Crippen LogP contribution in [-0.2, 0) is 0 Å². The quantitative estimate of drug-likeness (QED) is 0.746. The van der Waals surface area contributed by atoms with Crippen LogP contribution in [0.3, 0.4) is 0 Å². The zero-order chi connectivity index (χ0) is 13.3. The van der Waals surface area contributed by atoms with E-state index < -0.39 is 7.11 Å². The van der Waals surface area contributed by atoms with Crippen molar-refractivity contribution in [3.05, 3.63) is 71.8 Å². The molecule has 1 aliphatic heterocycles.